The average Bonchev–Trinajstić information content (AvgIpc) is 3.01. The van der Waals surface area contributed by atoms with Crippen LogP contribution in [0.3, 0.4) is 0 Å². The van der Waals surface area contributed by atoms with Gasteiger partial charge in [-0.05, 0) is 53.9 Å². The highest BCUT2D eigenvalue weighted by molar-refractivity contribution is 9.10. The van der Waals surface area contributed by atoms with Crippen LogP contribution in [-0.2, 0) is 13.0 Å². The number of hydrazone groups is 1. The van der Waals surface area contributed by atoms with Crippen molar-refractivity contribution in [2.24, 2.45) is 5.10 Å². The van der Waals surface area contributed by atoms with Crippen molar-refractivity contribution < 1.29 is 14.3 Å². The molecule has 0 spiro atoms. The summed E-state index contributed by atoms with van der Waals surface area (Å²) in [4.78, 5) is 18.1. The Morgan fingerprint density at radius 1 is 1.00 bits per heavy atom. The van der Waals surface area contributed by atoms with Gasteiger partial charge in [-0.15, -0.1) is 6.58 Å². The molecule has 1 aromatic heterocycles. The summed E-state index contributed by atoms with van der Waals surface area (Å²) in [7, 11) is 1.60. The van der Waals surface area contributed by atoms with Crippen LogP contribution in [0.4, 0.5) is 0 Å². The molecule has 0 saturated carbocycles. The second-order valence-electron chi connectivity index (χ2n) is 9.26. The number of halogens is 1. The van der Waals surface area contributed by atoms with Gasteiger partial charge in [0.15, 0.2) is 11.5 Å². The fourth-order valence-corrected chi connectivity index (χ4v) is 4.73. The van der Waals surface area contributed by atoms with Gasteiger partial charge in [-0.25, -0.2) is 10.4 Å². The summed E-state index contributed by atoms with van der Waals surface area (Å²) in [6, 6.07) is 30.9. The number of pyridine rings is 1. The normalized spacial score (nSPS) is 11.0. The molecule has 1 N–H and O–H groups in total. The van der Waals surface area contributed by atoms with Gasteiger partial charge < -0.3 is 9.47 Å². The number of aromatic nitrogens is 1. The van der Waals surface area contributed by atoms with Crippen LogP contribution >= 0.6 is 15.9 Å². The molecular weight excluding hydrogens is 578 g/mol. The molecule has 6 nitrogen and oxygen atoms in total. The van der Waals surface area contributed by atoms with Crippen LogP contribution in [0, 0.1) is 0 Å². The van der Waals surface area contributed by atoms with Crippen molar-refractivity contribution in [3.05, 3.63) is 136 Å². The van der Waals surface area contributed by atoms with Crippen molar-refractivity contribution in [1.29, 1.82) is 0 Å². The molecule has 0 aliphatic rings. The third-order valence-electron chi connectivity index (χ3n) is 6.44. The van der Waals surface area contributed by atoms with Crippen LogP contribution in [0.1, 0.15) is 27.0 Å². The standard InChI is InChI=1S/C34H28BrN3O3/c1-3-9-26-18-24(19-32(40-2)33(26)41-22-23-14-16-27(35)17-15-23)21-36-38-34(39)29-20-31(25-10-5-4-6-11-25)37-30-13-8-7-12-28(29)30/h3-8,10-21H,1,9,22H2,2H3,(H,38,39)/b36-21+. The number of amides is 1. The van der Waals surface area contributed by atoms with E-state index in [1.807, 2.05) is 97.1 Å². The molecule has 0 aliphatic carbocycles. The van der Waals surface area contributed by atoms with Gasteiger partial charge >= 0.3 is 0 Å². The number of fused-ring (bicyclic) bond motifs is 1. The van der Waals surface area contributed by atoms with E-state index in [4.69, 9.17) is 14.5 Å². The molecule has 1 amide bonds. The lowest BCUT2D eigenvalue weighted by atomic mass is 10.0. The minimum Gasteiger partial charge on any atom is -0.493 e. The first-order chi connectivity index (χ1) is 20.1. The third kappa shape index (κ3) is 6.70. The topological polar surface area (TPSA) is 72.8 Å². The predicted octanol–water partition coefficient (Wildman–Crippen LogP) is 7.74. The highest BCUT2D eigenvalue weighted by Gasteiger charge is 2.15. The number of benzene rings is 4. The number of hydrogen-bond acceptors (Lipinski definition) is 5. The maximum absolute atomic E-state index is 13.3. The van der Waals surface area contributed by atoms with Crippen LogP contribution in [-0.4, -0.2) is 24.2 Å². The molecule has 1 heterocycles. The van der Waals surface area contributed by atoms with Crippen molar-refractivity contribution in [2.45, 2.75) is 13.0 Å². The second kappa shape index (κ2) is 13.1. The second-order valence-corrected chi connectivity index (χ2v) is 10.2. The highest BCUT2D eigenvalue weighted by atomic mass is 79.9. The molecule has 0 unspecified atom stereocenters. The Bertz CT molecular complexity index is 1720. The van der Waals surface area contributed by atoms with E-state index in [2.05, 4.69) is 33.0 Å². The number of ether oxygens (including phenoxy) is 2. The van der Waals surface area contributed by atoms with Crippen molar-refractivity contribution >= 4 is 39.0 Å². The summed E-state index contributed by atoms with van der Waals surface area (Å²) in [6.45, 7) is 4.28. The zero-order valence-electron chi connectivity index (χ0n) is 22.5. The van der Waals surface area contributed by atoms with E-state index >= 15 is 0 Å². The van der Waals surface area contributed by atoms with E-state index in [1.165, 1.54) is 0 Å². The molecule has 0 atom stereocenters. The summed E-state index contributed by atoms with van der Waals surface area (Å²) in [5, 5.41) is 5.02. The number of carbonyl (C=O) groups excluding carboxylic acids is 1. The zero-order chi connectivity index (χ0) is 28.6. The third-order valence-corrected chi connectivity index (χ3v) is 6.97. The monoisotopic (exact) mass is 605 g/mol. The molecule has 0 fully saturated rings. The first-order valence-electron chi connectivity index (χ1n) is 13.0. The average molecular weight is 607 g/mol. The fourth-order valence-electron chi connectivity index (χ4n) is 4.46. The molecule has 0 bridgehead atoms. The van der Waals surface area contributed by atoms with Gasteiger partial charge in [-0.2, -0.15) is 5.10 Å². The molecule has 41 heavy (non-hydrogen) atoms. The number of rotatable bonds is 10. The summed E-state index contributed by atoms with van der Waals surface area (Å²) in [5.74, 6) is 0.889. The van der Waals surface area contributed by atoms with Gasteiger partial charge in [-0.1, -0.05) is 82.7 Å². The number of methoxy groups -OCH3 is 1. The molecule has 5 aromatic rings. The molecule has 0 saturated heterocycles. The van der Waals surface area contributed by atoms with E-state index < -0.39 is 0 Å². The largest absolute Gasteiger partial charge is 0.493 e. The van der Waals surface area contributed by atoms with E-state index in [1.54, 1.807) is 19.4 Å². The van der Waals surface area contributed by atoms with Gasteiger partial charge in [-0.3, -0.25) is 4.79 Å². The first kappa shape index (κ1) is 27.8. The lowest BCUT2D eigenvalue weighted by Gasteiger charge is -2.16. The number of carbonyl (C=O) groups is 1. The smallest absolute Gasteiger partial charge is 0.272 e. The van der Waals surface area contributed by atoms with Gasteiger partial charge in [0.1, 0.15) is 6.61 Å². The van der Waals surface area contributed by atoms with E-state index in [0.717, 1.165) is 43.3 Å². The van der Waals surface area contributed by atoms with Gasteiger partial charge in [0.05, 0.1) is 30.1 Å². The lowest BCUT2D eigenvalue weighted by molar-refractivity contribution is 0.0956. The van der Waals surface area contributed by atoms with E-state index in [9.17, 15) is 4.79 Å². The summed E-state index contributed by atoms with van der Waals surface area (Å²) in [6.07, 6.45) is 3.97. The molecule has 204 valence electrons. The van der Waals surface area contributed by atoms with Crippen molar-refractivity contribution in [3.8, 4) is 22.8 Å². The maximum Gasteiger partial charge on any atom is 0.272 e. The molecule has 0 radical (unpaired) electrons. The number of para-hydroxylation sites is 1. The molecular formula is C34H28BrN3O3. The van der Waals surface area contributed by atoms with Crippen LogP contribution < -0.4 is 14.9 Å². The number of nitrogens with zero attached hydrogens (tertiary/aromatic N) is 2. The Hall–Kier alpha value is -4.75. The SMILES string of the molecule is C=CCc1cc(/C=N/NC(=O)c2cc(-c3ccccc3)nc3ccccc23)cc(OC)c1OCc1ccc(Br)cc1. The minimum atomic E-state index is -0.329. The molecule has 7 heteroatoms. The van der Waals surface area contributed by atoms with Crippen molar-refractivity contribution in [1.82, 2.24) is 10.4 Å². The van der Waals surface area contributed by atoms with Gasteiger partial charge in [0.2, 0.25) is 0 Å². The quantitative estimate of drug-likeness (QED) is 0.100. The molecule has 0 aliphatic heterocycles. The van der Waals surface area contributed by atoms with Crippen LogP contribution in [0.2, 0.25) is 0 Å². The Kier molecular flexibility index (Phi) is 8.86. The lowest BCUT2D eigenvalue weighted by Crippen LogP contribution is -2.18. The number of allylic oxidation sites excluding steroid dienone is 1. The summed E-state index contributed by atoms with van der Waals surface area (Å²) in [5.41, 5.74) is 8.24. The summed E-state index contributed by atoms with van der Waals surface area (Å²) >= 11 is 3.46. The Balaban J connectivity index is 1.38. The molecule has 5 rings (SSSR count). The van der Waals surface area contributed by atoms with Crippen LogP contribution in [0.25, 0.3) is 22.2 Å². The van der Waals surface area contributed by atoms with Gasteiger partial charge in [0.25, 0.3) is 5.91 Å². The Morgan fingerprint density at radius 3 is 2.51 bits per heavy atom. The van der Waals surface area contributed by atoms with Crippen molar-refractivity contribution in [2.75, 3.05) is 7.11 Å². The van der Waals surface area contributed by atoms with E-state index in [0.29, 0.717) is 30.1 Å². The summed E-state index contributed by atoms with van der Waals surface area (Å²) < 4.78 is 12.8. The minimum absolute atomic E-state index is 0.329. The number of hydrogen-bond donors (Lipinski definition) is 1. The van der Waals surface area contributed by atoms with Crippen LogP contribution in [0.5, 0.6) is 11.5 Å². The first-order valence-corrected chi connectivity index (χ1v) is 13.8. The highest BCUT2D eigenvalue weighted by Crippen LogP contribution is 2.34. The van der Waals surface area contributed by atoms with Gasteiger partial charge in [0, 0.05) is 21.0 Å². The predicted molar refractivity (Wildman–Crippen MR) is 168 cm³/mol. The fraction of sp³-hybridized carbons (Fsp3) is 0.0882. The Labute approximate surface area is 247 Å². The van der Waals surface area contributed by atoms with Crippen molar-refractivity contribution in [3.63, 3.8) is 0 Å². The maximum atomic E-state index is 13.3. The number of nitrogens with one attached hydrogen (secondary N) is 1. The molecule has 4 aromatic carbocycles. The Morgan fingerprint density at radius 2 is 1.76 bits per heavy atom. The van der Waals surface area contributed by atoms with E-state index in [-0.39, 0.29) is 5.91 Å². The van der Waals surface area contributed by atoms with Crippen LogP contribution in [0.15, 0.2) is 119 Å². The zero-order valence-corrected chi connectivity index (χ0v) is 24.1.